The number of nitrogens with two attached hydrogens (primary N) is 1. The molecule has 90 valence electrons. The number of rotatable bonds is 6. The summed E-state index contributed by atoms with van der Waals surface area (Å²) in [5.41, 5.74) is 5.77. The van der Waals surface area contributed by atoms with Crippen molar-refractivity contribution in [2.75, 3.05) is 19.4 Å². The molecule has 0 aliphatic carbocycles. The predicted octanol–water partition coefficient (Wildman–Crippen LogP) is 1.43. The molecule has 3 nitrogen and oxygen atoms in total. The highest BCUT2D eigenvalue weighted by molar-refractivity contribution is 7.84. The molecule has 1 unspecified atom stereocenters. The molecule has 0 aliphatic heterocycles. The first-order valence-corrected chi connectivity index (χ1v) is 6.53. The largest absolute Gasteiger partial charge is 0.497 e. The number of benzene rings is 1. The van der Waals surface area contributed by atoms with Crippen molar-refractivity contribution in [3.8, 4) is 5.75 Å². The van der Waals surface area contributed by atoms with Crippen molar-refractivity contribution in [2.24, 2.45) is 5.73 Å². The summed E-state index contributed by atoms with van der Waals surface area (Å²) in [6, 6.07) is 4.57. The molecule has 0 saturated carbocycles. The summed E-state index contributed by atoms with van der Waals surface area (Å²) in [5, 5.41) is 0. The summed E-state index contributed by atoms with van der Waals surface area (Å²) in [4.78, 5) is 0. The van der Waals surface area contributed by atoms with Gasteiger partial charge in [-0.05, 0) is 19.0 Å². The molecule has 0 fully saturated rings. The van der Waals surface area contributed by atoms with Crippen LogP contribution >= 0.6 is 0 Å². The molecule has 16 heavy (non-hydrogen) atoms. The summed E-state index contributed by atoms with van der Waals surface area (Å²) < 4.78 is 29.9. The average molecular weight is 245 g/mol. The van der Waals surface area contributed by atoms with Gasteiger partial charge in [0, 0.05) is 28.2 Å². The molecule has 0 radical (unpaired) electrons. The Morgan fingerprint density at radius 1 is 1.50 bits per heavy atom. The van der Waals surface area contributed by atoms with Crippen LogP contribution in [-0.2, 0) is 16.6 Å². The van der Waals surface area contributed by atoms with E-state index in [0.29, 0.717) is 30.0 Å². The van der Waals surface area contributed by atoms with Gasteiger partial charge in [0.05, 0.1) is 12.9 Å². The van der Waals surface area contributed by atoms with Crippen LogP contribution in [0.5, 0.6) is 5.75 Å². The minimum atomic E-state index is -1.05. The van der Waals surface area contributed by atoms with Crippen molar-refractivity contribution >= 4 is 10.8 Å². The van der Waals surface area contributed by atoms with E-state index in [-0.39, 0.29) is 11.6 Å². The number of hydrogen-bond donors (Lipinski definition) is 1. The van der Waals surface area contributed by atoms with Gasteiger partial charge in [-0.2, -0.15) is 0 Å². The molecule has 1 aromatic rings. The average Bonchev–Trinajstić information content (AvgIpc) is 2.29. The van der Waals surface area contributed by atoms with Gasteiger partial charge in [-0.25, -0.2) is 4.39 Å². The fraction of sp³-hybridized carbons (Fsp3) is 0.455. The number of halogens is 1. The van der Waals surface area contributed by atoms with Crippen molar-refractivity contribution in [3.05, 3.63) is 29.6 Å². The minimum Gasteiger partial charge on any atom is -0.497 e. The van der Waals surface area contributed by atoms with E-state index in [4.69, 9.17) is 10.5 Å². The van der Waals surface area contributed by atoms with Gasteiger partial charge in [0.25, 0.3) is 0 Å². The third-order valence-corrected chi connectivity index (χ3v) is 3.53. The maximum absolute atomic E-state index is 13.5. The standard InChI is InChI=1S/C11H16FNO2S/c1-15-10-4-3-9(11(12)7-10)8-16(14)6-2-5-13/h3-4,7H,2,5-6,8,13H2,1H3. The third kappa shape index (κ3) is 3.90. The van der Waals surface area contributed by atoms with E-state index in [1.807, 2.05) is 0 Å². The van der Waals surface area contributed by atoms with E-state index < -0.39 is 10.8 Å². The Morgan fingerprint density at radius 2 is 2.25 bits per heavy atom. The van der Waals surface area contributed by atoms with Gasteiger partial charge in [-0.3, -0.25) is 4.21 Å². The molecule has 0 heterocycles. The van der Waals surface area contributed by atoms with Crippen molar-refractivity contribution < 1.29 is 13.3 Å². The minimum absolute atomic E-state index is 0.232. The lowest BCUT2D eigenvalue weighted by atomic mass is 10.2. The van der Waals surface area contributed by atoms with Gasteiger partial charge in [-0.15, -0.1) is 0 Å². The van der Waals surface area contributed by atoms with E-state index in [2.05, 4.69) is 0 Å². The predicted molar refractivity (Wildman–Crippen MR) is 63.3 cm³/mol. The monoisotopic (exact) mass is 245 g/mol. The van der Waals surface area contributed by atoms with E-state index in [9.17, 15) is 8.60 Å². The van der Waals surface area contributed by atoms with Crippen molar-refractivity contribution in [1.82, 2.24) is 0 Å². The van der Waals surface area contributed by atoms with Crippen molar-refractivity contribution in [2.45, 2.75) is 12.2 Å². The normalized spacial score (nSPS) is 12.4. The van der Waals surface area contributed by atoms with Crippen LogP contribution in [0.3, 0.4) is 0 Å². The van der Waals surface area contributed by atoms with Crippen LogP contribution in [0.4, 0.5) is 4.39 Å². The maximum atomic E-state index is 13.5. The highest BCUT2D eigenvalue weighted by Gasteiger charge is 2.07. The molecule has 1 atom stereocenters. The zero-order chi connectivity index (χ0) is 12.0. The van der Waals surface area contributed by atoms with Crippen LogP contribution in [0.2, 0.25) is 0 Å². The van der Waals surface area contributed by atoms with Crippen molar-refractivity contribution in [1.29, 1.82) is 0 Å². The quantitative estimate of drug-likeness (QED) is 0.825. The van der Waals surface area contributed by atoms with Crippen molar-refractivity contribution in [3.63, 3.8) is 0 Å². The first kappa shape index (κ1) is 13.1. The van der Waals surface area contributed by atoms with E-state index in [0.717, 1.165) is 0 Å². The molecule has 0 aromatic heterocycles. The Kier molecular flexibility index (Phi) is 5.42. The van der Waals surface area contributed by atoms with Gasteiger partial charge in [0.2, 0.25) is 0 Å². The molecular weight excluding hydrogens is 229 g/mol. The highest BCUT2D eigenvalue weighted by Crippen LogP contribution is 2.17. The molecule has 0 spiro atoms. The SMILES string of the molecule is COc1ccc(CS(=O)CCCN)c(F)c1. The second-order valence-electron chi connectivity index (χ2n) is 3.39. The summed E-state index contributed by atoms with van der Waals surface area (Å²) in [7, 11) is 0.429. The van der Waals surface area contributed by atoms with Crippen LogP contribution < -0.4 is 10.5 Å². The summed E-state index contributed by atoms with van der Waals surface area (Å²) in [5.74, 6) is 0.840. The fourth-order valence-electron chi connectivity index (χ4n) is 1.26. The zero-order valence-corrected chi connectivity index (χ0v) is 10.1. The van der Waals surface area contributed by atoms with E-state index in [1.165, 1.54) is 13.2 Å². The first-order valence-electron chi connectivity index (χ1n) is 5.05. The molecule has 2 N–H and O–H groups in total. The zero-order valence-electron chi connectivity index (χ0n) is 9.24. The Hall–Kier alpha value is -0.940. The molecule has 5 heteroatoms. The van der Waals surface area contributed by atoms with E-state index >= 15 is 0 Å². The van der Waals surface area contributed by atoms with Crippen LogP contribution in [-0.4, -0.2) is 23.6 Å². The summed E-state index contributed by atoms with van der Waals surface area (Å²) in [6.45, 7) is 0.511. The van der Waals surface area contributed by atoms with E-state index in [1.54, 1.807) is 12.1 Å². The Bertz CT molecular complexity index is 371. The molecule has 0 amide bonds. The molecule has 0 saturated heterocycles. The van der Waals surface area contributed by atoms with Gasteiger partial charge in [-0.1, -0.05) is 6.07 Å². The smallest absolute Gasteiger partial charge is 0.131 e. The molecule has 1 rings (SSSR count). The number of methoxy groups -OCH3 is 1. The van der Waals surface area contributed by atoms with Crippen LogP contribution in [0.1, 0.15) is 12.0 Å². The fourth-order valence-corrected chi connectivity index (χ4v) is 2.48. The second kappa shape index (κ2) is 6.60. The topological polar surface area (TPSA) is 52.3 Å². The van der Waals surface area contributed by atoms with Crippen LogP contribution in [0.15, 0.2) is 18.2 Å². The molecule has 1 aromatic carbocycles. The first-order chi connectivity index (χ1) is 7.67. The maximum Gasteiger partial charge on any atom is 0.131 e. The highest BCUT2D eigenvalue weighted by atomic mass is 32.2. The second-order valence-corrected chi connectivity index (χ2v) is 4.96. The van der Waals surface area contributed by atoms with Crippen LogP contribution in [0, 0.1) is 5.82 Å². The lowest BCUT2D eigenvalue weighted by Crippen LogP contribution is -2.08. The Balaban J connectivity index is 2.63. The lowest BCUT2D eigenvalue weighted by molar-refractivity contribution is 0.411. The number of hydrogen-bond acceptors (Lipinski definition) is 3. The van der Waals surface area contributed by atoms with Gasteiger partial charge < -0.3 is 10.5 Å². The molecule has 0 aliphatic rings. The Labute approximate surface area is 97.2 Å². The summed E-state index contributed by atoms with van der Waals surface area (Å²) in [6.07, 6.45) is 0.699. The molecule has 0 bridgehead atoms. The lowest BCUT2D eigenvalue weighted by Gasteiger charge is -2.05. The number of ether oxygens (including phenoxy) is 1. The van der Waals surface area contributed by atoms with Crippen LogP contribution in [0.25, 0.3) is 0 Å². The molecular formula is C11H16FNO2S. The van der Waals surface area contributed by atoms with Gasteiger partial charge in [0.15, 0.2) is 0 Å². The van der Waals surface area contributed by atoms with Gasteiger partial charge in [0.1, 0.15) is 11.6 Å². The Morgan fingerprint density at radius 3 is 2.81 bits per heavy atom. The van der Waals surface area contributed by atoms with Gasteiger partial charge >= 0.3 is 0 Å². The third-order valence-electron chi connectivity index (χ3n) is 2.15. The summed E-state index contributed by atoms with van der Waals surface area (Å²) >= 11 is 0.